The van der Waals surface area contributed by atoms with E-state index in [2.05, 4.69) is 15.5 Å². The molecule has 0 fully saturated rings. The molecule has 0 aliphatic carbocycles. The molecule has 0 aliphatic heterocycles. The van der Waals surface area contributed by atoms with Crippen molar-refractivity contribution >= 4 is 28.7 Å². The number of ether oxygens (including phenoxy) is 3. The number of carbonyl (C=O) groups is 2. The molecule has 0 spiro atoms. The fourth-order valence-electron chi connectivity index (χ4n) is 2.60. The number of methoxy groups -OCH3 is 2. The molecule has 3 aromatic rings. The number of hydrogen-bond donors (Lipinski definition) is 1. The summed E-state index contributed by atoms with van der Waals surface area (Å²) in [5.41, 5.74) is -0.600. The van der Waals surface area contributed by atoms with Gasteiger partial charge in [-0.1, -0.05) is 5.16 Å². The van der Waals surface area contributed by atoms with Crippen molar-refractivity contribution in [3.05, 3.63) is 40.6 Å². The van der Waals surface area contributed by atoms with Crippen LogP contribution in [0, 0.1) is 0 Å². The quantitative estimate of drug-likeness (QED) is 0.579. The molecule has 0 aliphatic rings. The average molecular weight is 402 g/mol. The summed E-state index contributed by atoms with van der Waals surface area (Å²) < 4.78 is 21.1. The van der Waals surface area contributed by atoms with E-state index in [-0.39, 0.29) is 29.9 Å². The monoisotopic (exact) mass is 402 g/mol. The Hall–Kier alpha value is -3.89. The van der Waals surface area contributed by atoms with E-state index in [0.717, 1.165) is 10.9 Å². The fourth-order valence-corrected chi connectivity index (χ4v) is 2.60. The van der Waals surface area contributed by atoms with Crippen LogP contribution in [-0.4, -0.2) is 47.4 Å². The summed E-state index contributed by atoms with van der Waals surface area (Å²) >= 11 is 0. The van der Waals surface area contributed by atoms with Crippen LogP contribution in [0.15, 0.2) is 33.8 Å². The lowest BCUT2D eigenvalue weighted by molar-refractivity contribution is -0.116. The molecule has 0 radical (unpaired) electrons. The van der Waals surface area contributed by atoms with E-state index in [1.807, 2.05) is 0 Å². The maximum atomic E-state index is 12.7. The van der Waals surface area contributed by atoms with Gasteiger partial charge in [0.2, 0.25) is 11.6 Å². The Bertz CT molecular complexity index is 1120. The van der Waals surface area contributed by atoms with Gasteiger partial charge in [0.05, 0.1) is 20.8 Å². The zero-order valence-corrected chi connectivity index (χ0v) is 15.9. The Balaban J connectivity index is 1.84. The lowest BCUT2D eigenvalue weighted by Crippen LogP contribution is -2.28. The van der Waals surface area contributed by atoms with Gasteiger partial charge in [-0.3, -0.25) is 14.2 Å². The number of benzene rings is 1. The highest BCUT2D eigenvalue weighted by molar-refractivity contribution is 5.99. The van der Waals surface area contributed by atoms with Crippen molar-refractivity contribution in [3.8, 4) is 11.5 Å². The van der Waals surface area contributed by atoms with E-state index >= 15 is 0 Å². The number of nitrogens with one attached hydrogen (secondary N) is 1. The second-order valence-corrected chi connectivity index (χ2v) is 5.73. The van der Waals surface area contributed by atoms with Crippen LogP contribution >= 0.6 is 0 Å². The number of nitrogens with zero attached hydrogens (tertiary/aromatic N) is 3. The van der Waals surface area contributed by atoms with Crippen LogP contribution in [0.1, 0.15) is 17.4 Å². The smallest absolute Gasteiger partial charge is 0.361 e. The Morgan fingerprint density at radius 1 is 1.21 bits per heavy atom. The highest BCUT2D eigenvalue weighted by Crippen LogP contribution is 2.29. The molecule has 152 valence electrons. The lowest BCUT2D eigenvalue weighted by Gasteiger charge is -2.11. The van der Waals surface area contributed by atoms with Crippen molar-refractivity contribution in [2.75, 3.05) is 26.1 Å². The van der Waals surface area contributed by atoms with Crippen LogP contribution in [0.3, 0.4) is 0 Å². The number of carbonyl (C=O) groups excluding carboxylic acids is 2. The van der Waals surface area contributed by atoms with Crippen molar-refractivity contribution in [2.45, 2.75) is 13.5 Å². The molecule has 3 rings (SSSR count). The number of aromatic nitrogens is 3. The van der Waals surface area contributed by atoms with Gasteiger partial charge in [0, 0.05) is 11.8 Å². The molecule has 11 heteroatoms. The number of anilines is 1. The van der Waals surface area contributed by atoms with E-state index in [9.17, 15) is 14.4 Å². The molecular formula is C18H18N4O7. The molecule has 0 atom stereocenters. The first-order chi connectivity index (χ1) is 14.0. The Morgan fingerprint density at radius 2 is 1.97 bits per heavy atom. The Labute approximate surface area is 164 Å². The fraction of sp³-hybridized carbons (Fsp3) is 0.278. The second kappa shape index (κ2) is 8.42. The first-order valence-corrected chi connectivity index (χ1v) is 8.52. The van der Waals surface area contributed by atoms with Crippen LogP contribution in [0.5, 0.6) is 11.5 Å². The van der Waals surface area contributed by atoms with Gasteiger partial charge in [0.15, 0.2) is 11.5 Å². The van der Waals surface area contributed by atoms with Crippen molar-refractivity contribution in [1.29, 1.82) is 0 Å². The van der Waals surface area contributed by atoms with Crippen LogP contribution in [0.25, 0.3) is 11.1 Å². The molecular weight excluding hydrogens is 384 g/mol. The summed E-state index contributed by atoms with van der Waals surface area (Å²) in [6, 6.07) is 4.85. The number of rotatable bonds is 7. The van der Waals surface area contributed by atoms with Crippen molar-refractivity contribution in [1.82, 2.24) is 14.7 Å². The van der Waals surface area contributed by atoms with Gasteiger partial charge in [0.1, 0.15) is 18.3 Å². The lowest BCUT2D eigenvalue weighted by atomic mass is 10.2. The van der Waals surface area contributed by atoms with Crippen molar-refractivity contribution in [3.63, 3.8) is 0 Å². The van der Waals surface area contributed by atoms with Gasteiger partial charge in [-0.25, -0.2) is 9.78 Å². The van der Waals surface area contributed by atoms with Crippen LogP contribution in [0.2, 0.25) is 0 Å². The molecule has 2 aromatic heterocycles. The predicted octanol–water partition coefficient (Wildman–Crippen LogP) is 1.22. The average Bonchev–Trinajstić information content (AvgIpc) is 3.15. The highest BCUT2D eigenvalue weighted by Gasteiger charge is 2.22. The van der Waals surface area contributed by atoms with Gasteiger partial charge >= 0.3 is 5.97 Å². The van der Waals surface area contributed by atoms with E-state index in [1.165, 1.54) is 14.2 Å². The van der Waals surface area contributed by atoms with Gasteiger partial charge in [-0.05, 0) is 19.1 Å². The summed E-state index contributed by atoms with van der Waals surface area (Å²) in [5, 5.41) is 6.05. The third-order valence-corrected chi connectivity index (χ3v) is 3.91. The third-order valence-electron chi connectivity index (χ3n) is 3.91. The molecule has 1 amide bonds. The molecule has 29 heavy (non-hydrogen) atoms. The topological polar surface area (TPSA) is 135 Å². The normalized spacial score (nSPS) is 10.6. The molecule has 1 N–H and O–H groups in total. The summed E-state index contributed by atoms with van der Waals surface area (Å²) in [4.78, 5) is 40.9. The zero-order valence-electron chi connectivity index (χ0n) is 15.9. The first kappa shape index (κ1) is 19.9. The van der Waals surface area contributed by atoms with Crippen molar-refractivity contribution in [2.24, 2.45) is 0 Å². The van der Waals surface area contributed by atoms with E-state index in [1.54, 1.807) is 25.1 Å². The molecule has 0 bridgehead atoms. The number of hydrogen-bond acceptors (Lipinski definition) is 9. The minimum absolute atomic E-state index is 0.107. The van der Waals surface area contributed by atoms with E-state index in [0.29, 0.717) is 17.2 Å². The minimum Gasteiger partial charge on any atom is -0.493 e. The maximum absolute atomic E-state index is 12.7. The van der Waals surface area contributed by atoms with Crippen LogP contribution < -0.4 is 20.3 Å². The van der Waals surface area contributed by atoms with Gasteiger partial charge in [-0.15, -0.1) is 0 Å². The second-order valence-electron chi connectivity index (χ2n) is 5.73. The van der Waals surface area contributed by atoms with E-state index in [4.69, 9.17) is 18.7 Å². The standard InChI is InChI=1S/C18H18N4O7/c1-4-28-18(25)15-14-16(29-21-15)19-9-22(17(14)24)8-13(23)20-10-5-6-11(26-2)12(7-10)27-3/h5-7,9H,4,8H2,1-3H3,(H,20,23). The molecule has 0 unspecified atom stereocenters. The molecule has 0 saturated heterocycles. The van der Waals surface area contributed by atoms with Gasteiger partial charge in [0.25, 0.3) is 11.3 Å². The largest absolute Gasteiger partial charge is 0.493 e. The SMILES string of the molecule is CCOC(=O)c1noc2ncn(CC(=O)Nc3ccc(OC)c(OC)c3)c(=O)c12. The number of esters is 1. The number of amides is 1. The predicted molar refractivity (Wildman–Crippen MR) is 100 cm³/mol. The number of fused-ring (bicyclic) bond motifs is 1. The molecule has 11 nitrogen and oxygen atoms in total. The summed E-state index contributed by atoms with van der Waals surface area (Å²) in [5.74, 6) is -0.350. The zero-order chi connectivity index (χ0) is 21.0. The summed E-state index contributed by atoms with van der Waals surface area (Å²) in [6.45, 7) is 1.38. The van der Waals surface area contributed by atoms with Gasteiger partial charge in [-0.2, -0.15) is 0 Å². The third kappa shape index (κ3) is 4.03. The Morgan fingerprint density at radius 3 is 2.66 bits per heavy atom. The van der Waals surface area contributed by atoms with Gasteiger partial charge < -0.3 is 24.1 Å². The molecule has 2 heterocycles. The minimum atomic E-state index is -0.808. The van der Waals surface area contributed by atoms with Crippen LogP contribution in [-0.2, 0) is 16.1 Å². The Kier molecular flexibility index (Phi) is 5.77. The summed E-state index contributed by atoms with van der Waals surface area (Å²) in [7, 11) is 2.98. The molecule has 0 saturated carbocycles. The van der Waals surface area contributed by atoms with Crippen molar-refractivity contribution < 1.29 is 28.3 Å². The van der Waals surface area contributed by atoms with Crippen LogP contribution in [0.4, 0.5) is 5.69 Å². The van der Waals surface area contributed by atoms with E-state index < -0.39 is 17.4 Å². The highest BCUT2D eigenvalue weighted by atomic mass is 16.5. The maximum Gasteiger partial charge on any atom is 0.361 e. The summed E-state index contributed by atoms with van der Waals surface area (Å²) in [6.07, 6.45) is 1.14. The first-order valence-electron chi connectivity index (χ1n) is 8.52. The molecule has 1 aromatic carbocycles.